The zero-order valence-corrected chi connectivity index (χ0v) is 12.8. The summed E-state index contributed by atoms with van der Waals surface area (Å²) in [6, 6.07) is 17.5. The van der Waals surface area contributed by atoms with Gasteiger partial charge in [0.15, 0.2) is 0 Å². The van der Waals surface area contributed by atoms with Crippen LogP contribution in [0.1, 0.15) is 28.0 Å². The lowest BCUT2D eigenvalue weighted by Crippen LogP contribution is -1.85. The monoisotopic (exact) mass is 288 g/mol. The standard InChI is InChI=1S/C20H16S/c1-14-11-12-17-18-10-6-5-9-16(15-7-3-2-4-8-15)20(18)21-19(17)13-14/h2-4,6-13H,5H2,1H3. The van der Waals surface area contributed by atoms with Crippen molar-refractivity contribution in [2.45, 2.75) is 13.3 Å². The van der Waals surface area contributed by atoms with E-state index < -0.39 is 0 Å². The van der Waals surface area contributed by atoms with Crippen molar-refractivity contribution in [1.82, 2.24) is 0 Å². The van der Waals surface area contributed by atoms with Crippen LogP contribution in [0, 0.1) is 6.92 Å². The molecule has 0 bridgehead atoms. The van der Waals surface area contributed by atoms with Crippen molar-refractivity contribution in [3.8, 4) is 0 Å². The van der Waals surface area contributed by atoms with E-state index in [0.29, 0.717) is 0 Å². The summed E-state index contributed by atoms with van der Waals surface area (Å²) in [4.78, 5) is 1.40. The van der Waals surface area contributed by atoms with E-state index in [0.717, 1.165) is 6.42 Å². The van der Waals surface area contributed by atoms with Crippen molar-refractivity contribution < 1.29 is 0 Å². The Morgan fingerprint density at radius 2 is 1.86 bits per heavy atom. The van der Waals surface area contributed by atoms with Crippen LogP contribution < -0.4 is 0 Å². The average molecular weight is 288 g/mol. The number of hydrogen-bond donors (Lipinski definition) is 0. The van der Waals surface area contributed by atoms with Crippen LogP contribution >= 0.6 is 11.3 Å². The zero-order chi connectivity index (χ0) is 14.2. The first-order valence-corrected chi connectivity index (χ1v) is 8.10. The first-order valence-electron chi connectivity index (χ1n) is 7.28. The molecule has 1 aromatic heterocycles. The van der Waals surface area contributed by atoms with Gasteiger partial charge in [0.05, 0.1) is 0 Å². The van der Waals surface area contributed by atoms with Crippen molar-refractivity contribution in [3.05, 3.63) is 82.3 Å². The van der Waals surface area contributed by atoms with Crippen LogP contribution in [0.4, 0.5) is 0 Å². The van der Waals surface area contributed by atoms with Gasteiger partial charge in [-0.2, -0.15) is 0 Å². The molecule has 2 aromatic carbocycles. The minimum atomic E-state index is 0.999. The summed E-state index contributed by atoms with van der Waals surface area (Å²) in [5.41, 5.74) is 5.39. The molecule has 0 nitrogen and oxygen atoms in total. The second kappa shape index (κ2) is 5.01. The number of fused-ring (bicyclic) bond motifs is 3. The Hall–Kier alpha value is -2.12. The van der Waals surface area contributed by atoms with Crippen molar-refractivity contribution >= 4 is 33.1 Å². The number of hydrogen-bond acceptors (Lipinski definition) is 1. The van der Waals surface area contributed by atoms with Crippen LogP contribution in [0.5, 0.6) is 0 Å². The highest BCUT2D eigenvalue weighted by molar-refractivity contribution is 7.20. The Bertz CT molecular complexity index is 863. The van der Waals surface area contributed by atoms with Gasteiger partial charge in [-0.3, -0.25) is 0 Å². The second-order valence-corrected chi connectivity index (χ2v) is 6.52. The van der Waals surface area contributed by atoms with Gasteiger partial charge in [0.1, 0.15) is 0 Å². The molecule has 0 aliphatic heterocycles. The minimum absolute atomic E-state index is 0.999. The smallest absolute Gasteiger partial charge is 0.0430 e. The lowest BCUT2D eigenvalue weighted by Gasteiger charge is -2.06. The van der Waals surface area contributed by atoms with Crippen LogP contribution in [-0.2, 0) is 0 Å². The van der Waals surface area contributed by atoms with E-state index >= 15 is 0 Å². The first kappa shape index (κ1) is 12.6. The van der Waals surface area contributed by atoms with E-state index in [1.54, 1.807) is 0 Å². The zero-order valence-electron chi connectivity index (χ0n) is 12.0. The van der Waals surface area contributed by atoms with Gasteiger partial charge in [0.2, 0.25) is 0 Å². The fourth-order valence-electron chi connectivity index (χ4n) is 2.92. The quantitative estimate of drug-likeness (QED) is 0.510. The van der Waals surface area contributed by atoms with Gasteiger partial charge >= 0.3 is 0 Å². The van der Waals surface area contributed by atoms with Crippen molar-refractivity contribution in [2.24, 2.45) is 0 Å². The summed E-state index contributed by atoms with van der Waals surface area (Å²) in [6.45, 7) is 2.16. The van der Waals surface area contributed by atoms with Crippen molar-refractivity contribution in [1.29, 1.82) is 0 Å². The van der Waals surface area contributed by atoms with Gasteiger partial charge < -0.3 is 0 Å². The van der Waals surface area contributed by atoms with E-state index in [-0.39, 0.29) is 0 Å². The number of benzene rings is 2. The SMILES string of the molecule is Cc1ccc2c3c(sc2c1)C(c1ccccc1)=CCC=C3. The van der Waals surface area contributed by atoms with Gasteiger partial charge in [-0.1, -0.05) is 60.7 Å². The van der Waals surface area contributed by atoms with Gasteiger partial charge in [0.25, 0.3) is 0 Å². The fraction of sp³-hybridized carbons (Fsp3) is 0.100. The number of thiophene rings is 1. The molecule has 0 radical (unpaired) electrons. The molecule has 21 heavy (non-hydrogen) atoms. The Morgan fingerprint density at radius 1 is 1.00 bits per heavy atom. The summed E-state index contributed by atoms with van der Waals surface area (Å²) in [7, 11) is 0. The van der Waals surface area contributed by atoms with Gasteiger partial charge in [-0.25, -0.2) is 0 Å². The number of rotatable bonds is 1. The molecular formula is C20H16S. The summed E-state index contributed by atoms with van der Waals surface area (Å²) >= 11 is 1.91. The molecule has 0 saturated carbocycles. The third-order valence-corrected chi connectivity index (χ3v) is 5.16. The van der Waals surface area contributed by atoms with Crippen LogP contribution in [0.2, 0.25) is 0 Å². The molecule has 0 amide bonds. The summed E-state index contributed by atoms with van der Waals surface area (Å²) in [5.74, 6) is 0. The van der Waals surface area contributed by atoms with E-state index in [2.05, 4.69) is 73.7 Å². The molecule has 4 rings (SSSR count). The van der Waals surface area contributed by atoms with Gasteiger partial charge in [-0.05, 0) is 36.1 Å². The third-order valence-electron chi connectivity index (χ3n) is 3.96. The highest BCUT2D eigenvalue weighted by atomic mass is 32.1. The van der Waals surface area contributed by atoms with Crippen LogP contribution in [0.25, 0.3) is 21.7 Å². The number of aryl methyl sites for hydroxylation is 1. The topological polar surface area (TPSA) is 0 Å². The lowest BCUT2D eigenvalue weighted by molar-refractivity contribution is 1.42. The van der Waals surface area contributed by atoms with Crippen molar-refractivity contribution in [3.63, 3.8) is 0 Å². The molecule has 1 heteroatoms. The van der Waals surface area contributed by atoms with Crippen LogP contribution in [-0.4, -0.2) is 0 Å². The highest BCUT2D eigenvalue weighted by Gasteiger charge is 2.16. The summed E-state index contributed by atoms with van der Waals surface area (Å²) in [6.07, 6.45) is 7.90. The Morgan fingerprint density at radius 3 is 2.71 bits per heavy atom. The van der Waals surface area contributed by atoms with E-state index in [9.17, 15) is 0 Å². The maximum atomic E-state index is 2.35. The molecule has 0 fully saturated rings. The van der Waals surface area contributed by atoms with Gasteiger partial charge in [0, 0.05) is 20.5 Å². The normalized spacial score (nSPS) is 13.9. The Balaban J connectivity index is 1.99. The van der Waals surface area contributed by atoms with Gasteiger partial charge in [-0.15, -0.1) is 11.3 Å². The molecule has 0 spiro atoms. The predicted molar refractivity (Wildman–Crippen MR) is 93.7 cm³/mol. The molecular weight excluding hydrogens is 272 g/mol. The van der Waals surface area contributed by atoms with Crippen molar-refractivity contribution in [2.75, 3.05) is 0 Å². The van der Waals surface area contributed by atoms with E-state index in [1.165, 1.54) is 37.2 Å². The molecule has 1 aliphatic carbocycles. The Labute approximate surface area is 129 Å². The maximum Gasteiger partial charge on any atom is 0.0430 e. The third kappa shape index (κ3) is 2.14. The first-order chi connectivity index (χ1) is 10.3. The molecule has 1 aliphatic rings. The van der Waals surface area contributed by atoms with Crippen LogP contribution in [0.15, 0.2) is 60.7 Å². The molecule has 0 unspecified atom stereocenters. The average Bonchev–Trinajstić information content (AvgIpc) is 2.72. The molecule has 0 saturated heterocycles. The minimum Gasteiger partial charge on any atom is -0.135 e. The molecule has 0 N–H and O–H groups in total. The van der Waals surface area contributed by atoms with Crippen LogP contribution in [0.3, 0.4) is 0 Å². The fourth-order valence-corrected chi connectivity index (χ4v) is 4.27. The molecule has 0 atom stereocenters. The lowest BCUT2D eigenvalue weighted by atomic mass is 10.0. The summed E-state index contributed by atoms with van der Waals surface area (Å²) in [5, 5.41) is 1.38. The summed E-state index contributed by atoms with van der Waals surface area (Å²) < 4.78 is 1.38. The largest absolute Gasteiger partial charge is 0.135 e. The number of allylic oxidation sites excluding steroid dienone is 2. The Kier molecular flexibility index (Phi) is 3.01. The predicted octanol–water partition coefficient (Wildman–Crippen LogP) is 6.06. The second-order valence-electron chi connectivity index (χ2n) is 5.47. The molecule has 102 valence electrons. The van der Waals surface area contributed by atoms with E-state index in [1.807, 2.05) is 11.3 Å². The van der Waals surface area contributed by atoms with E-state index in [4.69, 9.17) is 0 Å². The molecule has 3 aromatic rings. The maximum absolute atomic E-state index is 2.35. The molecule has 1 heterocycles. The highest BCUT2D eigenvalue weighted by Crippen LogP contribution is 2.41.